The van der Waals surface area contributed by atoms with Crippen LogP contribution in [-0.2, 0) is 17.5 Å². The zero-order valence-corrected chi connectivity index (χ0v) is 20.6. The van der Waals surface area contributed by atoms with Crippen molar-refractivity contribution in [1.82, 2.24) is 20.1 Å². The molecular weight excluding hydrogens is 527 g/mol. The van der Waals surface area contributed by atoms with Gasteiger partial charge in [0.1, 0.15) is 0 Å². The van der Waals surface area contributed by atoms with Crippen molar-refractivity contribution in [3.63, 3.8) is 0 Å². The molecule has 4 rings (SSSR count). The van der Waals surface area contributed by atoms with Gasteiger partial charge in [-0.05, 0) is 42.5 Å². The predicted molar refractivity (Wildman–Crippen MR) is 135 cm³/mol. The molecule has 0 aliphatic heterocycles. The Morgan fingerprint density at radius 1 is 0.946 bits per heavy atom. The minimum atomic E-state index is -4.57. The van der Waals surface area contributed by atoms with Crippen molar-refractivity contribution >= 4 is 40.9 Å². The molecule has 0 aliphatic rings. The minimum Gasteiger partial charge on any atom is -0.345 e. The molecule has 4 aromatic rings. The van der Waals surface area contributed by atoms with Crippen LogP contribution in [0.15, 0.2) is 84.0 Å². The van der Waals surface area contributed by atoms with E-state index in [0.717, 1.165) is 30.0 Å². The number of anilines is 1. The number of thioether (sulfide) groups is 1. The van der Waals surface area contributed by atoms with Crippen LogP contribution in [0.1, 0.15) is 21.7 Å². The van der Waals surface area contributed by atoms with E-state index >= 15 is 0 Å². The Morgan fingerprint density at radius 3 is 2.30 bits per heavy atom. The van der Waals surface area contributed by atoms with E-state index in [1.807, 2.05) is 36.4 Å². The van der Waals surface area contributed by atoms with Crippen LogP contribution in [0.2, 0.25) is 5.02 Å². The van der Waals surface area contributed by atoms with Crippen LogP contribution >= 0.6 is 23.4 Å². The number of carbonyl (C=O) groups is 2. The lowest BCUT2D eigenvalue weighted by Crippen LogP contribution is -2.24. The highest BCUT2D eigenvalue weighted by Gasteiger charge is 2.31. The van der Waals surface area contributed by atoms with Gasteiger partial charge in [0.25, 0.3) is 5.91 Å². The molecule has 0 fully saturated rings. The van der Waals surface area contributed by atoms with Gasteiger partial charge in [0.2, 0.25) is 5.91 Å². The summed E-state index contributed by atoms with van der Waals surface area (Å²) in [5.74, 6) is -0.602. The summed E-state index contributed by atoms with van der Waals surface area (Å²) < 4.78 is 40.8. The van der Waals surface area contributed by atoms with Crippen LogP contribution in [0.3, 0.4) is 0 Å². The Kier molecular flexibility index (Phi) is 8.14. The first kappa shape index (κ1) is 26.2. The van der Waals surface area contributed by atoms with Crippen LogP contribution in [0.4, 0.5) is 18.9 Å². The van der Waals surface area contributed by atoms with Crippen LogP contribution in [0.5, 0.6) is 0 Å². The van der Waals surface area contributed by atoms with Crippen LogP contribution in [-0.4, -0.2) is 32.3 Å². The standard InChI is InChI=1S/C25H19ClF3N5O2S/c26-19-12-11-17(25(27,28)29)13-20(19)31-22(35)15-37-24-33-32-21(34(24)18-9-5-2-6-10-18)14-30-23(36)16-7-3-1-4-8-16/h1-13H,14-15H2,(H,30,36)(H,31,35). The third kappa shape index (κ3) is 6.69. The summed E-state index contributed by atoms with van der Waals surface area (Å²) in [6.45, 7) is 0.0716. The van der Waals surface area contributed by atoms with Gasteiger partial charge in [0, 0.05) is 11.3 Å². The molecule has 2 amide bonds. The molecule has 0 atom stereocenters. The zero-order chi connectivity index (χ0) is 26.4. The number of benzene rings is 3. The Bertz CT molecular complexity index is 1400. The van der Waals surface area contributed by atoms with Crippen molar-refractivity contribution in [1.29, 1.82) is 0 Å². The maximum atomic E-state index is 13.0. The molecule has 1 aromatic heterocycles. The van der Waals surface area contributed by atoms with Crippen molar-refractivity contribution < 1.29 is 22.8 Å². The second-order valence-corrected chi connectivity index (χ2v) is 9.00. The summed E-state index contributed by atoms with van der Waals surface area (Å²) in [6, 6.07) is 20.5. The largest absolute Gasteiger partial charge is 0.416 e. The maximum absolute atomic E-state index is 13.0. The molecule has 190 valence electrons. The summed E-state index contributed by atoms with van der Waals surface area (Å²) >= 11 is 7.01. The molecule has 0 spiro atoms. The molecule has 0 unspecified atom stereocenters. The SMILES string of the molecule is O=C(CSc1nnc(CNC(=O)c2ccccc2)n1-c1ccccc1)Nc1cc(C(F)(F)F)ccc1Cl. The van der Waals surface area contributed by atoms with Gasteiger partial charge in [-0.1, -0.05) is 59.8 Å². The van der Waals surface area contributed by atoms with Crippen molar-refractivity contribution in [3.05, 3.63) is 101 Å². The summed E-state index contributed by atoms with van der Waals surface area (Å²) in [5.41, 5.74) is 0.134. The maximum Gasteiger partial charge on any atom is 0.416 e. The second kappa shape index (κ2) is 11.5. The Hall–Kier alpha value is -3.83. The number of hydrogen-bond donors (Lipinski definition) is 2. The zero-order valence-electron chi connectivity index (χ0n) is 19.0. The van der Waals surface area contributed by atoms with E-state index in [-0.39, 0.29) is 28.9 Å². The molecule has 0 radical (unpaired) electrons. The highest BCUT2D eigenvalue weighted by molar-refractivity contribution is 7.99. The fraction of sp³-hybridized carbons (Fsp3) is 0.120. The highest BCUT2D eigenvalue weighted by Crippen LogP contribution is 2.34. The fourth-order valence-electron chi connectivity index (χ4n) is 3.31. The van der Waals surface area contributed by atoms with E-state index in [4.69, 9.17) is 11.6 Å². The predicted octanol–water partition coefficient (Wildman–Crippen LogP) is 5.60. The molecule has 0 saturated heterocycles. The average Bonchev–Trinajstić information content (AvgIpc) is 3.30. The van der Waals surface area contributed by atoms with Gasteiger partial charge in [-0.2, -0.15) is 13.2 Å². The lowest BCUT2D eigenvalue weighted by atomic mass is 10.2. The lowest BCUT2D eigenvalue weighted by molar-refractivity contribution is -0.137. The molecule has 0 aliphatic carbocycles. The van der Waals surface area contributed by atoms with E-state index in [0.29, 0.717) is 22.2 Å². The molecule has 1 heterocycles. The van der Waals surface area contributed by atoms with Crippen molar-refractivity contribution in [3.8, 4) is 5.69 Å². The molecule has 0 saturated carbocycles. The molecule has 3 aromatic carbocycles. The number of halogens is 4. The Balaban J connectivity index is 1.48. The van der Waals surface area contributed by atoms with Crippen molar-refractivity contribution in [2.45, 2.75) is 17.9 Å². The smallest absolute Gasteiger partial charge is 0.345 e. The molecule has 37 heavy (non-hydrogen) atoms. The van der Waals surface area contributed by atoms with Crippen LogP contribution < -0.4 is 10.6 Å². The number of amides is 2. The number of nitrogens with zero attached hydrogens (tertiary/aromatic N) is 3. The van der Waals surface area contributed by atoms with E-state index in [9.17, 15) is 22.8 Å². The quantitative estimate of drug-likeness (QED) is 0.281. The van der Waals surface area contributed by atoms with Crippen LogP contribution in [0.25, 0.3) is 5.69 Å². The van der Waals surface area contributed by atoms with Gasteiger partial charge in [-0.3, -0.25) is 14.2 Å². The van der Waals surface area contributed by atoms with Gasteiger partial charge < -0.3 is 10.6 Å². The first-order chi connectivity index (χ1) is 17.7. The highest BCUT2D eigenvalue weighted by atomic mass is 35.5. The second-order valence-electron chi connectivity index (χ2n) is 7.65. The van der Waals surface area contributed by atoms with Crippen molar-refractivity contribution in [2.75, 3.05) is 11.1 Å². The number of alkyl halides is 3. The Morgan fingerprint density at radius 2 is 1.62 bits per heavy atom. The van der Waals surface area contributed by atoms with E-state index < -0.39 is 17.6 Å². The fourth-order valence-corrected chi connectivity index (χ4v) is 4.24. The van der Waals surface area contributed by atoms with E-state index in [1.165, 1.54) is 0 Å². The number of para-hydroxylation sites is 1. The number of aromatic nitrogens is 3. The monoisotopic (exact) mass is 545 g/mol. The first-order valence-electron chi connectivity index (χ1n) is 10.8. The van der Waals surface area contributed by atoms with E-state index in [1.54, 1.807) is 28.8 Å². The molecule has 7 nitrogen and oxygen atoms in total. The Labute approximate surface area is 219 Å². The van der Waals surface area contributed by atoms with E-state index in [2.05, 4.69) is 20.8 Å². The van der Waals surface area contributed by atoms with Gasteiger partial charge in [0.05, 0.1) is 28.6 Å². The number of carbonyl (C=O) groups excluding carboxylic acids is 2. The van der Waals surface area contributed by atoms with Gasteiger partial charge in [0.15, 0.2) is 11.0 Å². The summed E-state index contributed by atoms with van der Waals surface area (Å²) in [5, 5.41) is 13.9. The third-order valence-electron chi connectivity index (χ3n) is 5.06. The van der Waals surface area contributed by atoms with Crippen LogP contribution in [0, 0.1) is 0 Å². The molecule has 2 N–H and O–H groups in total. The number of rotatable bonds is 8. The third-order valence-corrected chi connectivity index (χ3v) is 6.32. The summed E-state index contributed by atoms with van der Waals surface area (Å²) in [6.07, 6.45) is -4.57. The average molecular weight is 546 g/mol. The van der Waals surface area contributed by atoms with Gasteiger partial charge in [-0.15, -0.1) is 10.2 Å². The molecular formula is C25H19ClF3N5O2S. The first-order valence-corrected chi connectivity index (χ1v) is 12.2. The summed E-state index contributed by atoms with van der Waals surface area (Å²) in [7, 11) is 0. The molecule has 0 bridgehead atoms. The normalized spacial score (nSPS) is 11.2. The number of nitrogens with one attached hydrogen (secondary N) is 2. The molecule has 12 heteroatoms. The minimum absolute atomic E-state index is 0.0183. The number of hydrogen-bond acceptors (Lipinski definition) is 5. The van der Waals surface area contributed by atoms with Gasteiger partial charge >= 0.3 is 6.18 Å². The lowest BCUT2D eigenvalue weighted by Gasteiger charge is -2.12. The van der Waals surface area contributed by atoms with Gasteiger partial charge in [-0.25, -0.2) is 0 Å². The topological polar surface area (TPSA) is 88.9 Å². The summed E-state index contributed by atoms with van der Waals surface area (Å²) in [4.78, 5) is 25.0. The van der Waals surface area contributed by atoms with Crippen molar-refractivity contribution in [2.24, 2.45) is 0 Å².